The van der Waals surface area contributed by atoms with Gasteiger partial charge in [-0.25, -0.2) is 13.2 Å². The zero-order valence-corrected chi connectivity index (χ0v) is 13.6. The third-order valence-electron chi connectivity index (χ3n) is 3.51. The Hall–Kier alpha value is -0.900. The zero-order chi connectivity index (χ0) is 15.6. The minimum Gasteiger partial charge on any atom is -0.475 e. The molecule has 1 aromatic heterocycles. The summed E-state index contributed by atoms with van der Waals surface area (Å²) in [5.41, 5.74) is 0. The molecule has 0 bridgehead atoms. The van der Waals surface area contributed by atoms with Crippen molar-refractivity contribution in [2.24, 2.45) is 0 Å². The molecule has 9 heteroatoms. The van der Waals surface area contributed by atoms with Crippen molar-refractivity contribution in [3.63, 3.8) is 0 Å². The first-order valence-electron chi connectivity index (χ1n) is 6.53. The predicted molar refractivity (Wildman–Crippen MR) is 76.6 cm³/mol. The molecule has 0 saturated heterocycles. The van der Waals surface area contributed by atoms with Gasteiger partial charge in [0.1, 0.15) is 4.90 Å². The SMILES string of the molecule is O=C(O)c1cc(S(=O)(=O)N(CCO)C2CCCC2)c(Br)o1. The van der Waals surface area contributed by atoms with E-state index in [1.807, 2.05) is 0 Å². The van der Waals surface area contributed by atoms with Gasteiger partial charge in [0.15, 0.2) is 4.67 Å². The summed E-state index contributed by atoms with van der Waals surface area (Å²) in [5, 5.41) is 18.0. The van der Waals surface area contributed by atoms with Crippen molar-refractivity contribution in [1.82, 2.24) is 4.31 Å². The molecule has 0 spiro atoms. The van der Waals surface area contributed by atoms with Crippen LogP contribution in [0.5, 0.6) is 0 Å². The molecule has 118 valence electrons. The molecule has 7 nitrogen and oxygen atoms in total. The fourth-order valence-corrected chi connectivity index (χ4v) is 5.13. The van der Waals surface area contributed by atoms with E-state index in [-0.39, 0.29) is 28.8 Å². The highest BCUT2D eigenvalue weighted by Crippen LogP contribution is 2.33. The van der Waals surface area contributed by atoms with Crippen LogP contribution < -0.4 is 0 Å². The first-order valence-corrected chi connectivity index (χ1v) is 8.76. The molecule has 1 aliphatic rings. The monoisotopic (exact) mass is 381 g/mol. The van der Waals surface area contributed by atoms with E-state index in [0.717, 1.165) is 31.7 Å². The number of halogens is 1. The lowest BCUT2D eigenvalue weighted by molar-refractivity contribution is 0.0661. The van der Waals surface area contributed by atoms with Crippen LogP contribution in [0.1, 0.15) is 36.2 Å². The lowest BCUT2D eigenvalue weighted by atomic mass is 10.2. The Morgan fingerprint density at radius 2 is 2.05 bits per heavy atom. The number of sulfonamides is 1. The average molecular weight is 382 g/mol. The second-order valence-electron chi connectivity index (χ2n) is 4.83. The Balaban J connectivity index is 2.40. The fourth-order valence-electron chi connectivity index (χ4n) is 2.55. The molecule has 1 aromatic rings. The van der Waals surface area contributed by atoms with E-state index in [2.05, 4.69) is 15.9 Å². The average Bonchev–Trinajstić information content (AvgIpc) is 3.04. The van der Waals surface area contributed by atoms with Gasteiger partial charge in [0.05, 0.1) is 6.61 Å². The van der Waals surface area contributed by atoms with Gasteiger partial charge in [-0.2, -0.15) is 4.31 Å². The van der Waals surface area contributed by atoms with Gasteiger partial charge in [-0.15, -0.1) is 0 Å². The predicted octanol–water partition coefficient (Wildman–Crippen LogP) is 1.67. The van der Waals surface area contributed by atoms with Crippen molar-refractivity contribution in [2.75, 3.05) is 13.2 Å². The Labute approximate surface area is 130 Å². The van der Waals surface area contributed by atoms with Gasteiger partial charge >= 0.3 is 5.97 Å². The number of rotatable bonds is 6. The topological polar surface area (TPSA) is 108 Å². The van der Waals surface area contributed by atoms with Crippen molar-refractivity contribution in [1.29, 1.82) is 0 Å². The lowest BCUT2D eigenvalue weighted by Crippen LogP contribution is -2.40. The number of carbonyl (C=O) groups is 1. The van der Waals surface area contributed by atoms with Crippen LogP contribution in [0.2, 0.25) is 0 Å². The quantitative estimate of drug-likeness (QED) is 0.775. The summed E-state index contributed by atoms with van der Waals surface area (Å²) >= 11 is 2.95. The number of aliphatic hydroxyl groups excluding tert-OH is 1. The third kappa shape index (κ3) is 3.31. The highest BCUT2D eigenvalue weighted by molar-refractivity contribution is 9.10. The zero-order valence-electron chi connectivity index (χ0n) is 11.2. The van der Waals surface area contributed by atoms with Gasteiger partial charge in [0, 0.05) is 18.7 Å². The number of aromatic carboxylic acids is 1. The number of nitrogens with zero attached hydrogens (tertiary/aromatic N) is 1. The maximum absolute atomic E-state index is 12.7. The summed E-state index contributed by atoms with van der Waals surface area (Å²) in [7, 11) is -3.92. The highest BCUT2D eigenvalue weighted by atomic mass is 79.9. The van der Waals surface area contributed by atoms with Crippen LogP contribution in [-0.2, 0) is 10.0 Å². The summed E-state index contributed by atoms with van der Waals surface area (Å²) in [6.07, 6.45) is 3.35. The Bertz CT molecular complexity index is 620. The van der Waals surface area contributed by atoms with Crippen LogP contribution in [0, 0.1) is 0 Å². The molecule has 2 rings (SSSR count). The number of carboxylic acids is 1. The largest absolute Gasteiger partial charge is 0.475 e. The van der Waals surface area contributed by atoms with E-state index in [1.165, 1.54) is 4.31 Å². The van der Waals surface area contributed by atoms with Crippen molar-refractivity contribution in [3.8, 4) is 0 Å². The number of furan rings is 1. The Morgan fingerprint density at radius 3 is 2.52 bits per heavy atom. The minimum absolute atomic E-state index is 0.0208. The summed E-state index contributed by atoms with van der Waals surface area (Å²) in [4.78, 5) is 10.7. The highest BCUT2D eigenvalue weighted by Gasteiger charge is 2.36. The molecule has 0 radical (unpaired) electrons. The number of carboxylic acid groups (broad SMARTS) is 1. The number of hydrogen-bond donors (Lipinski definition) is 2. The summed E-state index contributed by atoms with van der Waals surface area (Å²) < 4.78 is 31.4. The Morgan fingerprint density at radius 1 is 1.43 bits per heavy atom. The molecule has 0 aliphatic heterocycles. The number of hydrogen-bond acceptors (Lipinski definition) is 5. The van der Waals surface area contributed by atoms with E-state index in [1.54, 1.807) is 0 Å². The van der Waals surface area contributed by atoms with E-state index in [4.69, 9.17) is 14.6 Å². The summed E-state index contributed by atoms with van der Waals surface area (Å²) in [6, 6.07) is 0.818. The van der Waals surface area contributed by atoms with Gasteiger partial charge in [0.25, 0.3) is 0 Å². The summed E-state index contributed by atoms with van der Waals surface area (Å²) in [6.45, 7) is -0.315. The molecule has 1 aliphatic carbocycles. The van der Waals surface area contributed by atoms with Crippen molar-refractivity contribution >= 4 is 31.9 Å². The number of aliphatic hydroxyl groups is 1. The van der Waals surface area contributed by atoms with E-state index in [9.17, 15) is 13.2 Å². The van der Waals surface area contributed by atoms with Crippen molar-refractivity contribution in [3.05, 3.63) is 16.5 Å². The molecule has 1 saturated carbocycles. The van der Waals surface area contributed by atoms with Gasteiger partial charge < -0.3 is 14.6 Å². The standard InChI is InChI=1S/C12H16BrNO6S/c13-11-10(7-9(20-11)12(16)17)21(18,19)14(5-6-15)8-3-1-2-4-8/h7-8,15H,1-6H2,(H,16,17). The first-order chi connectivity index (χ1) is 9.87. The van der Waals surface area contributed by atoms with Gasteiger partial charge in [-0.3, -0.25) is 0 Å². The first kappa shape index (κ1) is 16.5. The van der Waals surface area contributed by atoms with E-state index < -0.39 is 21.8 Å². The summed E-state index contributed by atoms with van der Waals surface area (Å²) in [5.74, 6) is -1.79. The Kier molecular flexibility index (Phi) is 5.07. The maximum Gasteiger partial charge on any atom is 0.371 e. The molecular formula is C12H16BrNO6S. The van der Waals surface area contributed by atoms with Crippen LogP contribution in [0.15, 0.2) is 20.0 Å². The van der Waals surface area contributed by atoms with Crippen molar-refractivity contribution < 1.29 is 27.8 Å². The second-order valence-corrected chi connectivity index (χ2v) is 7.41. The van der Waals surface area contributed by atoms with E-state index in [0.29, 0.717) is 0 Å². The normalized spacial score (nSPS) is 16.7. The van der Waals surface area contributed by atoms with Gasteiger partial charge in [-0.05, 0) is 28.8 Å². The molecule has 21 heavy (non-hydrogen) atoms. The molecule has 2 N–H and O–H groups in total. The molecule has 0 unspecified atom stereocenters. The van der Waals surface area contributed by atoms with Crippen LogP contribution in [0.4, 0.5) is 0 Å². The molecule has 1 fully saturated rings. The van der Waals surface area contributed by atoms with Crippen LogP contribution in [0.3, 0.4) is 0 Å². The van der Waals surface area contributed by atoms with Crippen LogP contribution in [-0.4, -0.2) is 48.1 Å². The molecular weight excluding hydrogens is 366 g/mol. The third-order valence-corrected chi connectivity index (χ3v) is 6.31. The van der Waals surface area contributed by atoms with Crippen LogP contribution >= 0.6 is 15.9 Å². The fraction of sp³-hybridized carbons (Fsp3) is 0.583. The van der Waals surface area contributed by atoms with Gasteiger partial charge in [-0.1, -0.05) is 12.8 Å². The van der Waals surface area contributed by atoms with Crippen LogP contribution in [0.25, 0.3) is 0 Å². The molecule has 0 atom stereocenters. The smallest absolute Gasteiger partial charge is 0.371 e. The molecule has 0 aromatic carbocycles. The maximum atomic E-state index is 12.7. The van der Waals surface area contributed by atoms with E-state index >= 15 is 0 Å². The molecule has 1 heterocycles. The lowest BCUT2D eigenvalue weighted by Gasteiger charge is -2.26. The van der Waals surface area contributed by atoms with Crippen molar-refractivity contribution in [2.45, 2.75) is 36.6 Å². The van der Waals surface area contributed by atoms with Gasteiger partial charge in [0.2, 0.25) is 15.8 Å². The molecule has 0 amide bonds. The minimum atomic E-state index is -3.92. The second kappa shape index (κ2) is 6.47.